The largest absolute Gasteiger partial charge is 0.325 e. The van der Waals surface area contributed by atoms with Gasteiger partial charge in [0.05, 0.1) is 0 Å². The lowest BCUT2D eigenvalue weighted by Crippen LogP contribution is -2.47. The first-order valence-electron chi connectivity index (χ1n) is 10.3. The monoisotopic (exact) mass is 381 g/mol. The molecule has 1 saturated heterocycles. The molecule has 28 heavy (non-hydrogen) atoms. The number of rotatable bonds is 4. The van der Waals surface area contributed by atoms with Crippen molar-refractivity contribution in [1.29, 1.82) is 0 Å². The molecule has 1 atom stereocenters. The fourth-order valence-electron chi connectivity index (χ4n) is 4.78. The molecular weight excluding hydrogens is 354 g/mol. The van der Waals surface area contributed by atoms with Crippen molar-refractivity contribution in [1.82, 2.24) is 15.1 Å². The van der Waals surface area contributed by atoms with E-state index < -0.39 is 11.6 Å². The van der Waals surface area contributed by atoms with E-state index >= 15 is 0 Å². The third-order valence-electron chi connectivity index (χ3n) is 6.18. The standard InChI is InChI=1S/C22H27N3O3/c1-2-24(17-11-4-3-5-12-17)19(26)15-25-20(27)22(23-21(25)28)14-8-10-16-9-6-7-13-18(16)22/h6-7,9,11,13H,2-5,8,10,12,14-15H2,1H3,(H,23,28)/t22-/m1/s1. The number of fused-ring (bicyclic) bond motifs is 2. The second kappa shape index (κ2) is 7.41. The lowest BCUT2D eigenvalue weighted by Gasteiger charge is -2.33. The molecule has 3 aliphatic rings. The van der Waals surface area contributed by atoms with E-state index in [1.54, 1.807) is 4.90 Å². The summed E-state index contributed by atoms with van der Waals surface area (Å²) in [7, 11) is 0. The average molecular weight is 381 g/mol. The van der Waals surface area contributed by atoms with Crippen LogP contribution < -0.4 is 5.32 Å². The highest BCUT2D eigenvalue weighted by Crippen LogP contribution is 2.39. The molecule has 2 aliphatic carbocycles. The van der Waals surface area contributed by atoms with Gasteiger partial charge in [-0.05, 0) is 63.0 Å². The Hall–Kier alpha value is -2.63. The molecule has 6 nitrogen and oxygen atoms in total. The molecule has 1 aromatic carbocycles. The van der Waals surface area contributed by atoms with E-state index in [0.29, 0.717) is 13.0 Å². The zero-order chi connectivity index (χ0) is 19.7. The van der Waals surface area contributed by atoms with Crippen molar-refractivity contribution in [3.63, 3.8) is 0 Å². The molecule has 4 amide bonds. The molecular formula is C22H27N3O3. The Kier molecular flexibility index (Phi) is 4.96. The molecule has 0 bridgehead atoms. The lowest BCUT2D eigenvalue weighted by molar-refractivity contribution is -0.138. The van der Waals surface area contributed by atoms with Crippen LogP contribution in [0.3, 0.4) is 0 Å². The van der Waals surface area contributed by atoms with Crippen molar-refractivity contribution >= 4 is 17.8 Å². The summed E-state index contributed by atoms with van der Waals surface area (Å²) < 4.78 is 0. The minimum atomic E-state index is -1.02. The summed E-state index contributed by atoms with van der Waals surface area (Å²) >= 11 is 0. The molecule has 1 fully saturated rings. The van der Waals surface area contributed by atoms with Gasteiger partial charge in [-0.3, -0.25) is 14.5 Å². The molecule has 1 aliphatic heterocycles. The van der Waals surface area contributed by atoms with E-state index in [-0.39, 0.29) is 18.4 Å². The topological polar surface area (TPSA) is 69.7 Å². The van der Waals surface area contributed by atoms with E-state index in [1.807, 2.05) is 31.2 Å². The SMILES string of the molecule is CCN(C(=O)CN1C(=O)N[C@@]2(CCCc3ccccc32)C1=O)C1=CCCCC1. The van der Waals surface area contributed by atoms with E-state index in [4.69, 9.17) is 0 Å². The summed E-state index contributed by atoms with van der Waals surface area (Å²) in [6.45, 7) is 2.26. The number of aryl methyl sites for hydroxylation is 1. The fourth-order valence-corrected chi connectivity index (χ4v) is 4.78. The highest BCUT2D eigenvalue weighted by molar-refractivity contribution is 6.09. The molecule has 6 heteroatoms. The van der Waals surface area contributed by atoms with Crippen LogP contribution in [0.5, 0.6) is 0 Å². The number of hydrogen-bond acceptors (Lipinski definition) is 3. The summed E-state index contributed by atoms with van der Waals surface area (Å²) in [6.07, 6.45) is 8.47. The van der Waals surface area contributed by atoms with Crippen molar-refractivity contribution in [2.45, 2.75) is 57.4 Å². The second-order valence-electron chi connectivity index (χ2n) is 7.82. The number of carbonyl (C=O) groups excluding carboxylic acids is 3. The molecule has 0 saturated carbocycles. The van der Waals surface area contributed by atoms with Gasteiger partial charge in [-0.1, -0.05) is 30.3 Å². The van der Waals surface area contributed by atoms with Crippen molar-refractivity contribution in [3.8, 4) is 0 Å². The Bertz CT molecular complexity index is 847. The Balaban J connectivity index is 1.57. The summed E-state index contributed by atoms with van der Waals surface area (Å²) in [4.78, 5) is 41.8. The first-order valence-corrected chi connectivity index (χ1v) is 10.3. The summed E-state index contributed by atoms with van der Waals surface area (Å²) in [6, 6.07) is 7.31. The molecule has 0 aromatic heterocycles. The highest BCUT2D eigenvalue weighted by Gasteiger charge is 2.54. The number of benzene rings is 1. The van der Waals surface area contributed by atoms with Crippen LogP contribution in [0.2, 0.25) is 0 Å². The normalized spacial score (nSPS) is 24.0. The summed E-state index contributed by atoms with van der Waals surface area (Å²) in [5.74, 6) is -0.494. The summed E-state index contributed by atoms with van der Waals surface area (Å²) in [5, 5.41) is 2.92. The van der Waals surface area contributed by atoms with E-state index in [2.05, 4.69) is 11.4 Å². The first-order chi connectivity index (χ1) is 13.6. The minimum absolute atomic E-state index is 0.194. The number of carbonyl (C=O) groups is 3. The number of amides is 4. The predicted octanol–water partition coefficient (Wildman–Crippen LogP) is 3.08. The van der Waals surface area contributed by atoms with E-state index in [1.165, 1.54) is 0 Å². The Morgan fingerprint density at radius 2 is 2.00 bits per heavy atom. The number of nitrogens with one attached hydrogen (secondary N) is 1. The van der Waals surface area contributed by atoms with E-state index in [9.17, 15) is 14.4 Å². The third kappa shape index (κ3) is 3.01. The molecule has 1 heterocycles. The van der Waals surface area contributed by atoms with Crippen LogP contribution >= 0.6 is 0 Å². The average Bonchev–Trinajstić information content (AvgIpc) is 2.94. The quantitative estimate of drug-likeness (QED) is 0.815. The van der Waals surface area contributed by atoms with Crippen LogP contribution in [0, 0.1) is 0 Å². The Labute approximate surface area is 165 Å². The molecule has 1 aromatic rings. The number of nitrogens with zero attached hydrogens (tertiary/aromatic N) is 2. The maximum Gasteiger partial charge on any atom is 0.325 e. The van der Waals surface area contributed by atoms with Gasteiger partial charge in [0.1, 0.15) is 12.1 Å². The smallest absolute Gasteiger partial charge is 0.319 e. The van der Waals surface area contributed by atoms with Gasteiger partial charge in [0.25, 0.3) is 5.91 Å². The summed E-state index contributed by atoms with van der Waals surface area (Å²) in [5.41, 5.74) is 1.96. The van der Waals surface area contributed by atoms with Gasteiger partial charge in [0.2, 0.25) is 5.91 Å². The zero-order valence-electron chi connectivity index (χ0n) is 16.4. The molecule has 1 spiro atoms. The third-order valence-corrected chi connectivity index (χ3v) is 6.18. The minimum Gasteiger partial charge on any atom is -0.319 e. The molecule has 0 unspecified atom stereocenters. The number of imide groups is 1. The van der Waals surface area contributed by atoms with Crippen LogP contribution in [0.15, 0.2) is 36.0 Å². The van der Waals surface area contributed by atoms with Crippen molar-refractivity contribution in [2.24, 2.45) is 0 Å². The number of likely N-dealkylation sites (N-methyl/N-ethyl adjacent to an activating group) is 1. The highest BCUT2D eigenvalue weighted by atomic mass is 16.2. The van der Waals surface area contributed by atoms with E-state index in [0.717, 1.165) is 60.2 Å². The van der Waals surface area contributed by atoms with Crippen molar-refractivity contribution in [3.05, 3.63) is 47.2 Å². The maximum atomic E-state index is 13.3. The van der Waals surface area contributed by atoms with Gasteiger partial charge < -0.3 is 10.2 Å². The van der Waals surface area contributed by atoms with Crippen LogP contribution in [0.25, 0.3) is 0 Å². The molecule has 0 radical (unpaired) electrons. The predicted molar refractivity (Wildman–Crippen MR) is 105 cm³/mol. The van der Waals surface area contributed by atoms with Crippen molar-refractivity contribution < 1.29 is 14.4 Å². The molecule has 148 valence electrons. The van der Waals surface area contributed by atoms with Gasteiger partial charge in [0.15, 0.2) is 0 Å². The van der Waals surface area contributed by atoms with Gasteiger partial charge >= 0.3 is 6.03 Å². The maximum absolute atomic E-state index is 13.3. The number of allylic oxidation sites excluding steroid dienone is 2. The lowest BCUT2D eigenvalue weighted by atomic mass is 9.76. The van der Waals surface area contributed by atoms with Gasteiger partial charge in [-0.2, -0.15) is 0 Å². The number of urea groups is 1. The van der Waals surface area contributed by atoms with Gasteiger partial charge in [-0.15, -0.1) is 0 Å². The Morgan fingerprint density at radius 3 is 2.75 bits per heavy atom. The fraction of sp³-hybridized carbons (Fsp3) is 0.500. The molecule has 1 N–H and O–H groups in total. The Morgan fingerprint density at radius 1 is 1.18 bits per heavy atom. The van der Waals surface area contributed by atoms with Crippen LogP contribution in [0.1, 0.15) is 56.6 Å². The van der Waals surface area contributed by atoms with Gasteiger partial charge in [0, 0.05) is 12.2 Å². The van der Waals surface area contributed by atoms with Crippen LogP contribution in [-0.4, -0.2) is 40.7 Å². The van der Waals surface area contributed by atoms with Crippen LogP contribution in [-0.2, 0) is 21.5 Å². The molecule has 4 rings (SSSR count). The zero-order valence-corrected chi connectivity index (χ0v) is 16.4. The first kappa shape index (κ1) is 18.7. The number of hydrogen-bond donors (Lipinski definition) is 1. The van der Waals surface area contributed by atoms with Crippen molar-refractivity contribution in [2.75, 3.05) is 13.1 Å². The van der Waals surface area contributed by atoms with Gasteiger partial charge in [-0.25, -0.2) is 4.79 Å². The van der Waals surface area contributed by atoms with Crippen LogP contribution in [0.4, 0.5) is 4.79 Å². The second-order valence-corrected chi connectivity index (χ2v) is 7.82.